The number of halogens is 1. The molecule has 2 N–H and O–H groups in total. The molecule has 0 radical (unpaired) electrons. The second-order valence-electron chi connectivity index (χ2n) is 4.80. The van der Waals surface area contributed by atoms with E-state index in [2.05, 4.69) is 10.6 Å². The molecule has 0 saturated heterocycles. The number of carbonyl (C=O) groups is 2. The van der Waals surface area contributed by atoms with Crippen LogP contribution >= 0.6 is 11.6 Å². The normalized spacial score (nSPS) is 10.1. The average Bonchev–Trinajstić information content (AvgIpc) is 2.50. The fraction of sp³-hybridized carbons (Fsp3) is 0.176. The smallest absolute Gasteiger partial charge is 0.255 e. The Hall–Kier alpha value is -2.33. The van der Waals surface area contributed by atoms with E-state index in [1.54, 1.807) is 48.5 Å². The number of rotatable bonds is 5. The van der Waals surface area contributed by atoms with E-state index >= 15 is 0 Å². The largest absolute Gasteiger partial charge is 0.324 e. The minimum absolute atomic E-state index is 0.0734. The van der Waals surface area contributed by atoms with Gasteiger partial charge in [0.15, 0.2) is 0 Å². The number of hydrogen-bond acceptors (Lipinski definition) is 2. The van der Waals surface area contributed by atoms with Crippen LogP contribution in [0.2, 0.25) is 5.02 Å². The summed E-state index contributed by atoms with van der Waals surface area (Å²) >= 11 is 5.81. The molecule has 0 spiro atoms. The molecule has 114 valence electrons. The van der Waals surface area contributed by atoms with E-state index in [4.69, 9.17) is 11.6 Å². The topological polar surface area (TPSA) is 58.2 Å². The minimum Gasteiger partial charge on any atom is -0.324 e. The molecule has 0 unspecified atom stereocenters. The van der Waals surface area contributed by atoms with Gasteiger partial charge in [0, 0.05) is 17.0 Å². The van der Waals surface area contributed by atoms with E-state index in [1.807, 2.05) is 6.92 Å². The lowest BCUT2D eigenvalue weighted by molar-refractivity contribution is -0.116. The fourth-order valence-electron chi connectivity index (χ4n) is 1.94. The van der Waals surface area contributed by atoms with Crippen molar-refractivity contribution in [2.75, 3.05) is 10.6 Å². The number of amides is 2. The zero-order valence-corrected chi connectivity index (χ0v) is 13.0. The van der Waals surface area contributed by atoms with E-state index in [0.29, 0.717) is 28.4 Å². The first-order valence-corrected chi connectivity index (χ1v) is 7.43. The van der Waals surface area contributed by atoms with Crippen molar-refractivity contribution in [1.29, 1.82) is 0 Å². The van der Waals surface area contributed by atoms with Gasteiger partial charge < -0.3 is 10.6 Å². The highest BCUT2D eigenvalue weighted by molar-refractivity contribution is 6.30. The highest BCUT2D eigenvalue weighted by atomic mass is 35.5. The van der Waals surface area contributed by atoms with Gasteiger partial charge in [-0.1, -0.05) is 30.7 Å². The molecule has 2 aromatic rings. The molecule has 5 heteroatoms. The van der Waals surface area contributed by atoms with Gasteiger partial charge in [0.25, 0.3) is 5.91 Å². The second kappa shape index (κ2) is 7.61. The summed E-state index contributed by atoms with van der Waals surface area (Å²) in [4.78, 5) is 23.9. The monoisotopic (exact) mass is 316 g/mol. The third-order valence-electron chi connectivity index (χ3n) is 3.03. The maximum Gasteiger partial charge on any atom is 0.255 e. The minimum atomic E-state index is -0.256. The van der Waals surface area contributed by atoms with Gasteiger partial charge in [0.05, 0.1) is 11.4 Å². The van der Waals surface area contributed by atoms with Crippen molar-refractivity contribution in [3.63, 3.8) is 0 Å². The lowest BCUT2D eigenvalue weighted by Crippen LogP contribution is -2.16. The molecule has 0 saturated carbocycles. The average molecular weight is 317 g/mol. The van der Waals surface area contributed by atoms with Crippen molar-refractivity contribution in [3.8, 4) is 0 Å². The molecular weight excluding hydrogens is 300 g/mol. The van der Waals surface area contributed by atoms with E-state index in [1.165, 1.54) is 0 Å². The number of carbonyl (C=O) groups excluding carboxylic acids is 2. The van der Waals surface area contributed by atoms with Crippen LogP contribution in [-0.4, -0.2) is 11.8 Å². The first-order valence-electron chi connectivity index (χ1n) is 7.06. The maximum absolute atomic E-state index is 12.2. The second-order valence-corrected chi connectivity index (χ2v) is 5.24. The van der Waals surface area contributed by atoms with Gasteiger partial charge in [-0.3, -0.25) is 9.59 Å². The fourth-order valence-corrected chi connectivity index (χ4v) is 2.06. The van der Waals surface area contributed by atoms with Crippen molar-refractivity contribution in [1.82, 2.24) is 0 Å². The summed E-state index contributed by atoms with van der Waals surface area (Å²) < 4.78 is 0. The van der Waals surface area contributed by atoms with Gasteiger partial charge in [-0.15, -0.1) is 0 Å². The Labute approximate surface area is 134 Å². The molecule has 0 bridgehead atoms. The van der Waals surface area contributed by atoms with E-state index in [9.17, 15) is 9.59 Å². The lowest BCUT2D eigenvalue weighted by Gasteiger charge is -2.12. The molecule has 0 aliphatic heterocycles. The standard InChI is InChI=1S/C17H17ClN2O2/c1-2-5-16(21)19-14-6-3-4-7-15(14)20-17(22)12-8-10-13(18)11-9-12/h3-4,6-11H,2,5H2,1H3,(H,19,21)(H,20,22). The SMILES string of the molecule is CCCC(=O)Nc1ccccc1NC(=O)c1ccc(Cl)cc1. The first kappa shape index (κ1) is 16.0. The summed E-state index contributed by atoms with van der Waals surface area (Å²) in [6, 6.07) is 13.7. The molecule has 0 heterocycles. The number of benzene rings is 2. The zero-order chi connectivity index (χ0) is 15.9. The summed E-state index contributed by atoms with van der Waals surface area (Å²) in [5.74, 6) is -0.329. The van der Waals surface area contributed by atoms with Crippen molar-refractivity contribution in [3.05, 3.63) is 59.1 Å². The molecule has 0 aliphatic carbocycles. The van der Waals surface area contributed by atoms with Crippen molar-refractivity contribution in [2.45, 2.75) is 19.8 Å². The third-order valence-corrected chi connectivity index (χ3v) is 3.28. The summed E-state index contributed by atoms with van der Waals surface area (Å²) in [6.45, 7) is 1.94. The van der Waals surface area contributed by atoms with Crippen LogP contribution < -0.4 is 10.6 Å². The van der Waals surface area contributed by atoms with Crippen LogP contribution in [0.3, 0.4) is 0 Å². The van der Waals surface area contributed by atoms with Crippen LogP contribution in [0.15, 0.2) is 48.5 Å². The van der Waals surface area contributed by atoms with Gasteiger partial charge in [-0.25, -0.2) is 0 Å². The lowest BCUT2D eigenvalue weighted by atomic mass is 10.2. The first-order chi connectivity index (χ1) is 10.6. The summed E-state index contributed by atoms with van der Waals surface area (Å²) in [6.07, 6.45) is 1.21. The predicted molar refractivity (Wildman–Crippen MR) is 89.4 cm³/mol. The molecule has 0 fully saturated rings. The molecule has 0 aromatic heterocycles. The summed E-state index contributed by atoms with van der Waals surface area (Å²) in [5.41, 5.74) is 1.65. The Morgan fingerprint density at radius 3 is 2.14 bits per heavy atom. The third kappa shape index (κ3) is 4.33. The van der Waals surface area contributed by atoms with E-state index < -0.39 is 0 Å². The van der Waals surface area contributed by atoms with E-state index in [-0.39, 0.29) is 11.8 Å². The highest BCUT2D eigenvalue weighted by Gasteiger charge is 2.10. The van der Waals surface area contributed by atoms with Crippen LogP contribution in [-0.2, 0) is 4.79 Å². The Bertz CT molecular complexity index is 669. The van der Waals surface area contributed by atoms with Crippen molar-refractivity contribution >= 4 is 34.8 Å². The predicted octanol–water partition coefficient (Wildman–Crippen LogP) is 4.33. The Kier molecular flexibility index (Phi) is 5.55. The van der Waals surface area contributed by atoms with Gasteiger partial charge in [-0.2, -0.15) is 0 Å². The van der Waals surface area contributed by atoms with Crippen LogP contribution in [0.4, 0.5) is 11.4 Å². The van der Waals surface area contributed by atoms with Crippen LogP contribution in [0.5, 0.6) is 0 Å². The Morgan fingerprint density at radius 1 is 0.955 bits per heavy atom. The molecule has 22 heavy (non-hydrogen) atoms. The Balaban J connectivity index is 2.13. The van der Waals surface area contributed by atoms with Crippen LogP contribution in [0.25, 0.3) is 0 Å². The van der Waals surface area contributed by atoms with Gasteiger partial charge >= 0.3 is 0 Å². The number of anilines is 2. The molecule has 2 amide bonds. The van der Waals surface area contributed by atoms with Gasteiger partial charge in [0.2, 0.25) is 5.91 Å². The summed E-state index contributed by atoms with van der Waals surface area (Å²) in [7, 11) is 0. The molecule has 4 nitrogen and oxygen atoms in total. The van der Waals surface area contributed by atoms with E-state index in [0.717, 1.165) is 6.42 Å². The maximum atomic E-state index is 12.2. The number of hydrogen-bond donors (Lipinski definition) is 2. The van der Waals surface area contributed by atoms with Crippen molar-refractivity contribution in [2.24, 2.45) is 0 Å². The Morgan fingerprint density at radius 2 is 1.55 bits per heavy atom. The molecule has 0 aliphatic rings. The quantitative estimate of drug-likeness (QED) is 0.862. The number of para-hydroxylation sites is 2. The van der Waals surface area contributed by atoms with Crippen LogP contribution in [0, 0.1) is 0 Å². The van der Waals surface area contributed by atoms with Crippen LogP contribution in [0.1, 0.15) is 30.1 Å². The van der Waals surface area contributed by atoms with Gasteiger partial charge in [0.1, 0.15) is 0 Å². The van der Waals surface area contributed by atoms with Crippen molar-refractivity contribution < 1.29 is 9.59 Å². The zero-order valence-electron chi connectivity index (χ0n) is 12.2. The molecule has 0 atom stereocenters. The molecular formula is C17H17ClN2O2. The molecule has 2 aromatic carbocycles. The van der Waals surface area contributed by atoms with Gasteiger partial charge in [-0.05, 0) is 42.8 Å². The summed E-state index contributed by atoms with van der Waals surface area (Å²) in [5, 5.41) is 6.17. The molecule has 2 rings (SSSR count). The highest BCUT2D eigenvalue weighted by Crippen LogP contribution is 2.22. The number of nitrogens with one attached hydrogen (secondary N) is 2.